The van der Waals surface area contributed by atoms with Crippen LogP contribution >= 0.6 is 0 Å². The van der Waals surface area contributed by atoms with E-state index in [9.17, 15) is 39.9 Å². The van der Waals surface area contributed by atoms with Crippen LogP contribution in [-0.2, 0) is 31.9 Å². The van der Waals surface area contributed by atoms with Crippen molar-refractivity contribution in [1.82, 2.24) is 21.3 Å². The Labute approximate surface area is 410 Å². The molecule has 6 atom stereocenters. The molecular weight excluding hydrogens is 893 g/mol. The monoisotopic (exact) mass is 958 g/mol. The fraction of sp³-hybridized carbons (Fsp3) is 0.444. The Hall–Kier alpha value is -6.50. The van der Waals surface area contributed by atoms with Crippen LogP contribution < -0.4 is 30.7 Å². The van der Waals surface area contributed by atoms with Crippen molar-refractivity contribution in [2.75, 3.05) is 54.7 Å². The fourth-order valence-corrected chi connectivity index (χ4v) is 9.02. The Bertz CT molecular complexity index is 2390. The lowest BCUT2D eigenvalue weighted by molar-refractivity contribution is -0.127. The third kappa shape index (κ3) is 14.3. The minimum atomic E-state index is -0.934. The van der Waals surface area contributed by atoms with Crippen molar-refractivity contribution in [1.29, 1.82) is 10.5 Å². The Morgan fingerprint density at radius 3 is 1.36 bits per heavy atom. The summed E-state index contributed by atoms with van der Waals surface area (Å²) in [6, 6.07) is 27.7. The highest BCUT2D eigenvalue weighted by molar-refractivity contribution is 6.03. The zero-order valence-electron chi connectivity index (χ0n) is 41.3. The molecule has 0 spiro atoms. The molecule has 16 heteroatoms. The van der Waals surface area contributed by atoms with Gasteiger partial charge in [-0.25, -0.2) is 0 Å². The molecule has 0 bridgehead atoms. The number of hydrogen-bond acceptors (Lipinski definition) is 14. The van der Waals surface area contributed by atoms with Gasteiger partial charge < -0.3 is 50.4 Å². The average molecular weight is 959 g/mol. The Morgan fingerprint density at radius 1 is 0.629 bits per heavy atom. The second kappa shape index (κ2) is 24.9. The zero-order valence-corrected chi connectivity index (χ0v) is 41.3. The minimum Gasteiger partial charge on any atom is -0.497 e. The largest absolute Gasteiger partial charge is 0.497 e. The lowest BCUT2D eigenvalue weighted by Gasteiger charge is -2.37. The van der Waals surface area contributed by atoms with Crippen molar-refractivity contribution in [3.63, 3.8) is 0 Å². The number of fused-ring (bicyclic) bond motifs is 2. The van der Waals surface area contributed by atoms with Crippen LogP contribution in [-0.4, -0.2) is 113 Å². The molecule has 0 aliphatic heterocycles. The molecule has 0 saturated heterocycles. The lowest BCUT2D eigenvalue weighted by atomic mass is 9.71. The first-order valence-corrected chi connectivity index (χ1v) is 23.2. The van der Waals surface area contributed by atoms with Crippen molar-refractivity contribution in [2.45, 2.75) is 89.8 Å². The number of amides is 2. The average Bonchev–Trinajstić information content (AvgIpc) is 3.34. The van der Waals surface area contributed by atoms with Crippen LogP contribution in [0.3, 0.4) is 0 Å². The van der Waals surface area contributed by atoms with E-state index in [1.165, 1.54) is 14.2 Å². The first kappa shape index (κ1) is 54.4. The van der Waals surface area contributed by atoms with Gasteiger partial charge in [-0.3, -0.25) is 19.2 Å². The predicted octanol–water partition coefficient (Wildman–Crippen LogP) is 5.09. The van der Waals surface area contributed by atoms with Gasteiger partial charge >= 0.3 is 0 Å². The van der Waals surface area contributed by atoms with E-state index < -0.39 is 35.1 Å². The van der Waals surface area contributed by atoms with Gasteiger partial charge in [0.25, 0.3) is 0 Å². The first-order chi connectivity index (χ1) is 33.4. The van der Waals surface area contributed by atoms with Crippen LogP contribution in [0.2, 0.25) is 0 Å². The number of rotatable bonds is 20. The highest BCUT2D eigenvalue weighted by Gasteiger charge is 2.41. The molecule has 6 N–H and O–H groups in total. The van der Waals surface area contributed by atoms with Crippen LogP contribution in [0.1, 0.15) is 107 Å². The van der Waals surface area contributed by atoms with Crippen molar-refractivity contribution < 1.29 is 48.3 Å². The summed E-state index contributed by atoms with van der Waals surface area (Å²) in [5.74, 6) is 0.794. The molecule has 0 heterocycles. The number of aliphatic hydroxyl groups is 2. The number of carbonyl (C=O) groups is 4. The van der Waals surface area contributed by atoms with Crippen molar-refractivity contribution >= 4 is 23.4 Å². The smallest absolute Gasteiger partial charge is 0.246 e. The van der Waals surface area contributed by atoms with Gasteiger partial charge in [-0.2, -0.15) is 10.5 Å². The molecule has 2 aliphatic carbocycles. The third-order valence-electron chi connectivity index (χ3n) is 12.8. The summed E-state index contributed by atoms with van der Waals surface area (Å²) in [4.78, 5) is 50.5. The van der Waals surface area contributed by atoms with Crippen molar-refractivity contribution in [3.05, 3.63) is 129 Å². The number of nitrogens with one attached hydrogen (secondary N) is 4. The molecule has 0 saturated carbocycles. The molecule has 16 nitrogen and oxygen atoms in total. The highest BCUT2D eigenvalue weighted by Crippen LogP contribution is 2.43. The van der Waals surface area contributed by atoms with Gasteiger partial charge in [-0.1, -0.05) is 52.0 Å². The number of benzene rings is 4. The number of Topliss-reactive ketones (excluding diaryl/α,β-unsaturated/α-hetero) is 2. The van der Waals surface area contributed by atoms with E-state index in [-0.39, 0.29) is 61.8 Å². The molecule has 4 aromatic rings. The van der Waals surface area contributed by atoms with E-state index in [0.717, 1.165) is 22.3 Å². The van der Waals surface area contributed by atoms with Gasteiger partial charge in [-0.15, -0.1) is 0 Å². The van der Waals surface area contributed by atoms with Gasteiger partial charge in [0.1, 0.15) is 24.7 Å². The summed E-state index contributed by atoms with van der Waals surface area (Å²) in [7, 11) is 6.02. The summed E-state index contributed by atoms with van der Waals surface area (Å²) in [5, 5.41) is 53.1. The number of ketones is 2. The van der Waals surface area contributed by atoms with Gasteiger partial charge in [0.05, 0.1) is 61.8 Å². The van der Waals surface area contributed by atoms with Crippen molar-refractivity contribution in [3.8, 4) is 23.6 Å². The van der Waals surface area contributed by atoms with E-state index in [0.29, 0.717) is 59.4 Å². The summed E-state index contributed by atoms with van der Waals surface area (Å²) in [6.07, 6.45) is -0.0692. The standard InChI is InChI=1S/2C27H33N3O5/c2*1-27(2)13-23(21-12-19(35-4)8-9-20(21)26(27)33)29-15-24(31)22(30-25(32)16-34-3)11-17-6-5-7-18(10-17)14-28/h2*5-10,12,22-24,29,31H,11,13,15-16H2,1-4H3,(H,30,32)/t22-,23+,24+;22-,23-,24+/m00/s1. The Kier molecular flexibility index (Phi) is 19.3. The van der Waals surface area contributed by atoms with Gasteiger partial charge in [0.2, 0.25) is 11.8 Å². The third-order valence-corrected chi connectivity index (χ3v) is 12.8. The number of ether oxygens (including phenoxy) is 4. The fourth-order valence-electron chi connectivity index (χ4n) is 9.02. The molecule has 0 fully saturated rings. The SMILES string of the molecule is COCC(=O)N[C@@H](Cc1cccc(C#N)c1)[C@H](O)CN[C@@H]1CC(C)(C)C(=O)c2ccc(OC)cc21.COCC(=O)N[C@@H](Cc1cccc(C#N)c1)[C@H](O)CN[C@H]1CC(C)(C)C(=O)c2ccc(OC)cc21. The second-order valence-electron chi connectivity index (χ2n) is 19.0. The summed E-state index contributed by atoms with van der Waals surface area (Å²) >= 11 is 0. The number of hydrogen-bond donors (Lipinski definition) is 6. The van der Waals surface area contributed by atoms with Crippen LogP contribution in [0.25, 0.3) is 0 Å². The van der Waals surface area contributed by atoms with E-state index >= 15 is 0 Å². The number of nitriles is 2. The number of carbonyl (C=O) groups excluding carboxylic acids is 4. The van der Waals surface area contributed by atoms with Gasteiger partial charge in [0.15, 0.2) is 11.6 Å². The zero-order chi connectivity index (χ0) is 51.2. The normalized spacial score (nSPS) is 18.2. The van der Waals surface area contributed by atoms with Crippen LogP contribution in [0.5, 0.6) is 11.5 Å². The van der Waals surface area contributed by atoms with Gasteiger partial charge in [0, 0.05) is 61.3 Å². The van der Waals surface area contributed by atoms with E-state index in [2.05, 4.69) is 33.4 Å². The molecule has 0 unspecified atom stereocenters. The van der Waals surface area contributed by atoms with Crippen LogP contribution in [0, 0.1) is 33.5 Å². The lowest BCUT2D eigenvalue weighted by Crippen LogP contribution is -2.50. The summed E-state index contributed by atoms with van der Waals surface area (Å²) in [5.41, 5.74) is 4.51. The topological polar surface area (TPSA) is 241 Å². The quantitative estimate of drug-likeness (QED) is 0.0677. The summed E-state index contributed by atoms with van der Waals surface area (Å²) < 4.78 is 20.6. The van der Waals surface area contributed by atoms with E-state index in [1.54, 1.807) is 74.9 Å². The molecular formula is C54H66N6O10. The minimum absolute atomic E-state index is 0.0795. The molecule has 2 amide bonds. The maximum atomic E-state index is 13.0. The Morgan fingerprint density at radius 2 is 1.01 bits per heavy atom. The predicted molar refractivity (Wildman–Crippen MR) is 262 cm³/mol. The molecule has 70 heavy (non-hydrogen) atoms. The van der Waals surface area contributed by atoms with E-state index in [4.69, 9.17) is 18.9 Å². The Balaban J connectivity index is 0.000000261. The van der Waals surface area contributed by atoms with Crippen LogP contribution in [0.15, 0.2) is 84.9 Å². The molecule has 0 radical (unpaired) electrons. The maximum Gasteiger partial charge on any atom is 0.246 e. The number of aliphatic hydroxyl groups excluding tert-OH is 2. The molecule has 6 rings (SSSR count). The van der Waals surface area contributed by atoms with Crippen LogP contribution in [0.4, 0.5) is 0 Å². The van der Waals surface area contributed by atoms with Crippen molar-refractivity contribution in [2.24, 2.45) is 10.8 Å². The second-order valence-corrected chi connectivity index (χ2v) is 19.0. The number of methoxy groups -OCH3 is 4. The first-order valence-electron chi connectivity index (χ1n) is 23.2. The molecule has 372 valence electrons. The highest BCUT2D eigenvalue weighted by atomic mass is 16.5. The molecule has 4 aromatic carbocycles. The van der Waals surface area contributed by atoms with Gasteiger partial charge in [-0.05, 0) is 109 Å². The maximum absolute atomic E-state index is 13.0. The summed E-state index contributed by atoms with van der Waals surface area (Å²) in [6.45, 7) is 7.80. The molecule has 2 aliphatic rings. The van der Waals surface area contributed by atoms with E-state index in [1.807, 2.05) is 52.0 Å². The molecule has 0 aromatic heterocycles. The number of nitrogens with zero attached hydrogens (tertiary/aromatic N) is 2.